The second-order valence-corrected chi connectivity index (χ2v) is 8.61. The van der Waals surface area contributed by atoms with Crippen LogP contribution >= 0.6 is 11.6 Å². The first kappa shape index (κ1) is 21.3. The number of imidazole rings is 1. The van der Waals surface area contributed by atoms with Crippen molar-refractivity contribution in [1.82, 2.24) is 14.3 Å². The molecule has 3 heterocycles. The molecule has 0 atom stereocenters. The number of halogens is 1. The third kappa shape index (κ3) is 4.52. The Kier molecular flexibility index (Phi) is 5.92. The molecule has 2 aromatic carbocycles. The molecule has 0 saturated carbocycles. The molecule has 0 radical (unpaired) electrons. The predicted molar refractivity (Wildman–Crippen MR) is 130 cm³/mol. The van der Waals surface area contributed by atoms with Crippen LogP contribution in [0.5, 0.6) is 5.75 Å². The first-order chi connectivity index (χ1) is 16.1. The number of fused-ring (bicyclic) bond motifs is 1. The maximum Gasteiger partial charge on any atom is 0.253 e. The van der Waals surface area contributed by atoms with E-state index in [-0.39, 0.29) is 5.91 Å². The number of para-hydroxylation sites is 1. The number of carbonyl (C=O) groups is 1. The number of aryl methyl sites for hydroxylation is 1. The van der Waals surface area contributed by atoms with Gasteiger partial charge in [-0.05, 0) is 55.0 Å². The van der Waals surface area contributed by atoms with Crippen LogP contribution in [-0.2, 0) is 6.61 Å². The molecule has 1 aliphatic heterocycles. The van der Waals surface area contributed by atoms with Crippen LogP contribution in [0.4, 0.5) is 5.69 Å². The Morgan fingerprint density at radius 3 is 2.48 bits per heavy atom. The van der Waals surface area contributed by atoms with Crippen LogP contribution in [0, 0.1) is 6.92 Å². The van der Waals surface area contributed by atoms with Gasteiger partial charge in [0.2, 0.25) is 0 Å². The molecule has 0 spiro atoms. The van der Waals surface area contributed by atoms with E-state index in [4.69, 9.17) is 16.3 Å². The highest BCUT2D eigenvalue weighted by molar-refractivity contribution is 6.33. The summed E-state index contributed by atoms with van der Waals surface area (Å²) in [5.41, 5.74) is 4.61. The zero-order valence-corrected chi connectivity index (χ0v) is 19.2. The number of ether oxygens (including phenoxy) is 1. The second kappa shape index (κ2) is 9.16. The number of aromatic nitrogens is 2. The fraction of sp³-hybridized carbons (Fsp3) is 0.231. The van der Waals surface area contributed by atoms with E-state index in [1.165, 1.54) is 0 Å². The van der Waals surface area contributed by atoms with Gasteiger partial charge in [-0.2, -0.15) is 0 Å². The SMILES string of the molecule is Cc1cccn2cc(COc3ccc(C(=O)N4CCN(c5ccccc5Cl)CC4)cc3)nc12. The maximum atomic E-state index is 13.0. The number of rotatable bonds is 5. The van der Waals surface area contributed by atoms with Gasteiger partial charge >= 0.3 is 0 Å². The van der Waals surface area contributed by atoms with Crippen LogP contribution in [0.15, 0.2) is 73.1 Å². The van der Waals surface area contributed by atoms with Gasteiger partial charge in [-0.1, -0.05) is 29.8 Å². The normalized spacial score (nSPS) is 14.0. The Labute approximate surface area is 198 Å². The standard InChI is InChI=1S/C26H25ClN4O2/c1-19-5-4-12-31-17-21(28-25(19)31)18-33-22-10-8-20(9-11-22)26(32)30-15-13-29(14-16-30)24-7-3-2-6-23(24)27/h2-12,17H,13-16,18H2,1H3. The number of hydrogen-bond acceptors (Lipinski definition) is 4. The molecular weight excluding hydrogens is 436 g/mol. The van der Waals surface area contributed by atoms with Gasteiger partial charge in [0.1, 0.15) is 18.0 Å². The molecule has 1 fully saturated rings. The molecule has 168 valence electrons. The molecule has 0 aliphatic carbocycles. The first-order valence-electron chi connectivity index (χ1n) is 11.0. The van der Waals surface area contributed by atoms with Gasteiger partial charge in [0.25, 0.3) is 5.91 Å². The zero-order chi connectivity index (χ0) is 22.8. The Morgan fingerprint density at radius 1 is 1.00 bits per heavy atom. The minimum Gasteiger partial charge on any atom is -0.487 e. The summed E-state index contributed by atoms with van der Waals surface area (Å²) in [6, 6.07) is 19.2. The lowest BCUT2D eigenvalue weighted by atomic mass is 10.1. The molecule has 6 nitrogen and oxygen atoms in total. The van der Waals surface area contributed by atoms with Gasteiger partial charge in [-0.25, -0.2) is 4.98 Å². The minimum absolute atomic E-state index is 0.0381. The largest absolute Gasteiger partial charge is 0.487 e. The van der Waals surface area contributed by atoms with Crippen LogP contribution in [0.1, 0.15) is 21.6 Å². The number of anilines is 1. The Hall–Kier alpha value is -3.51. The van der Waals surface area contributed by atoms with E-state index < -0.39 is 0 Å². The molecule has 2 aromatic heterocycles. The molecule has 1 amide bonds. The lowest BCUT2D eigenvalue weighted by Crippen LogP contribution is -2.48. The van der Waals surface area contributed by atoms with Crippen LogP contribution < -0.4 is 9.64 Å². The lowest BCUT2D eigenvalue weighted by Gasteiger charge is -2.36. The number of hydrogen-bond donors (Lipinski definition) is 0. The fourth-order valence-corrected chi connectivity index (χ4v) is 4.42. The molecule has 7 heteroatoms. The molecule has 5 rings (SSSR count). The Balaban J connectivity index is 1.17. The summed E-state index contributed by atoms with van der Waals surface area (Å²) in [6.45, 7) is 5.26. The molecule has 1 saturated heterocycles. The van der Waals surface area contributed by atoms with Gasteiger partial charge in [-0.15, -0.1) is 0 Å². The van der Waals surface area contributed by atoms with Crippen molar-refractivity contribution >= 4 is 28.8 Å². The van der Waals surface area contributed by atoms with Crippen molar-refractivity contribution in [2.75, 3.05) is 31.1 Å². The van der Waals surface area contributed by atoms with Crippen molar-refractivity contribution < 1.29 is 9.53 Å². The topological polar surface area (TPSA) is 50.1 Å². The number of amides is 1. The van der Waals surface area contributed by atoms with Crippen LogP contribution in [0.3, 0.4) is 0 Å². The van der Waals surface area contributed by atoms with Gasteiger partial charge in [0.05, 0.1) is 16.4 Å². The van der Waals surface area contributed by atoms with Crippen LogP contribution in [0.25, 0.3) is 5.65 Å². The van der Waals surface area contributed by atoms with Gasteiger partial charge in [-0.3, -0.25) is 4.79 Å². The Morgan fingerprint density at radius 2 is 1.76 bits per heavy atom. The average Bonchev–Trinajstić information content (AvgIpc) is 3.28. The van der Waals surface area contributed by atoms with E-state index in [0.29, 0.717) is 31.0 Å². The third-order valence-electron chi connectivity index (χ3n) is 5.98. The number of benzene rings is 2. The van der Waals surface area contributed by atoms with Gasteiger partial charge < -0.3 is 18.9 Å². The molecular formula is C26H25ClN4O2. The molecule has 4 aromatic rings. The van der Waals surface area contributed by atoms with Crippen LogP contribution in [0.2, 0.25) is 5.02 Å². The van der Waals surface area contributed by atoms with E-state index in [1.807, 2.05) is 89.3 Å². The van der Waals surface area contributed by atoms with E-state index in [1.54, 1.807) is 0 Å². The van der Waals surface area contributed by atoms with E-state index >= 15 is 0 Å². The van der Waals surface area contributed by atoms with Crippen molar-refractivity contribution in [2.24, 2.45) is 0 Å². The van der Waals surface area contributed by atoms with Crippen molar-refractivity contribution in [3.05, 3.63) is 94.9 Å². The summed E-state index contributed by atoms with van der Waals surface area (Å²) in [4.78, 5) is 21.7. The summed E-state index contributed by atoms with van der Waals surface area (Å²) in [6.07, 6.45) is 3.95. The Bertz CT molecular complexity index is 1280. The summed E-state index contributed by atoms with van der Waals surface area (Å²) < 4.78 is 7.90. The number of carbonyl (C=O) groups excluding carboxylic acids is 1. The van der Waals surface area contributed by atoms with E-state index in [9.17, 15) is 4.79 Å². The fourth-order valence-electron chi connectivity index (χ4n) is 4.17. The number of piperazine rings is 1. The van der Waals surface area contributed by atoms with Crippen LogP contribution in [-0.4, -0.2) is 46.4 Å². The highest BCUT2D eigenvalue weighted by Gasteiger charge is 2.23. The number of pyridine rings is 1. The van der Waals surface area contributed by atoms with Crippen molar-refractivity contribution in [2.45, 2.75) is 13.5 Å². The van der Waals surface area contributed by atoms with Gasteiger partial charge in [0.15, 0.2) is 0 Å². The number of nitrogens with zero attached hydrogens (tertiary/aromatic N) is 4. The maximum absolute atomic E-state index is 13.0. The molecule has 0 unspecified atom stereocenters. The molecule has 0 N–H and O–H groups in total. The average molecular weight is 461 g/mol. The third-order valence-corrected chi connectivity index (χ3v) is 6.30. The van der Waals surface area contributed by atoms with Gasteiger partial charge in [0, 0.05) is 44.1 Å². The summed E-state index contributed by atoms with van der Waals surface area (Å²) >= 11 is 6.32. The van der Waals surface area contributed by atoms with Crippen molar-refractivity contribution in [3.8, 4) is 5.75 Å². The predicted octanol–water partition coefficient (Wildman–Crippen LogP) is 4.84. The lowest BCUT2D eigenvalue weighted by molar-refractivity contribution is 0.0746. The first-order valence-corrected chi connectivity index (χ1v) is 11.4. The van der Waals surface area contributed by atoms with Crippen molar-refractivity contribution in [1.29, 1.82) is 0 Å². The molecule has 33 heavy (non-hydrogen) atoms. The quantitative estimate of drug-likeness (QED) is 0.427. The van der Waals surface area contributed by atoms with E-state index in [0.717, 1.165) is 40.7 Å². The summed E-state index contributed by atoms with van der Waals surface area (Å²) in [5.74, 6) is 0.750. The second-order valence-electron chi connectivity index (χ2n) is 8.20. The van der Waals surface area contributed by atoms with E-state index in [2.05, 4.69) is 9.88 Å². The zero-order valence-electron chi connectivity index (χ0n) is 18.4. The summed E-state index contributed by atoms with van der Waals surface area (Å²) in [7, 11) is 0. The molecule has 1 aliphatic rings. The molecule has 0 bridgehead atoms. The minimum atomic E-state index is 0.0381. The summed E-state index contributed by atoms with van der Waals surface area (Å²) in [5, 5.41) is 0.742. The highest BCUT2D eigenvalue weighted by Crippen LogP contribution is 2.26. The smallest absolute Gasteiger partial charge is 0.253 e. The monoisotopic (exact) mass is 460 g/mol. The highest BCUT2D eigenvalue weighted by atomic mass is 35.5. The van der Waals surface area contributed by atoms with Crippen molar-refractivity contribution in [3.63, 3.8) is 0 Å².